The quantitative estimate of drug-likeness (QED) is 0.402. The Morgan fingerprint density at radius 1 is 1.12 bits per heavy atom. The van der Waals surface area contributed by atoms with Crippen LogP contribution in [0.2, 0.25) is 0 Å². The third kappa shape index (κ3) is 6.34. The average Bonchev–Trinajstić information content (AvgIpc) is 1.21. The summed E-state index contributed by atoms with van der Waals surface area (Å²) in [5, 5.41) is 0. The Labute approximate surface area is 49.1 Å². The van der Waals surface area contributed by atoms with Crippen LogP contribution >= 0.6 is 0 Å². The molecule has 0 aliphatic rings. The number of hydrogen-bond acceptors (Lipinski definition) is 6. The van der Waals surface area contributed by atoms with Gasteiger partial charge in [-0.2, -0.15) is 0 Å². The number of halogens is 2. The standard InChI is InChI=1S/Cl2O6/c3-1(4)8-2(5,6)7/q-2. The molecule has 0 aliphatic carbocycles. The molecule has 8 heteroatoms. The first-order chi connectivity index (χ1) is 3.42. The third-order valence-corrected chi connectivity index (χ3v) is 1.07. The molecule has 6 nitrogen and oxygen atoms in total. The van der Waals surface area contributed by atoms with Gasteiger partial charge in [0, 0.05) is 0 Å². The molecule has 0 fully saturated rings. The third-order valence-electron chi connectivity index (χ3n) is 0.119. The fourth-order valence-corrected chi connectivity index (χ4v) is 0.525. The van der Waals surface area contributed by atoms with Crippen molar-refractivity contribution in [2.45, 2.75) is 0 Å². The van der Waals surface area contributed by atoms with Gasteiger partial charge >= 0.3 is 48.2 Å². The molecule has 0 N–H and O–H groups in total. The van der Waals surface area contributed by atoms with Crippen LogP contribution in [0.4, 0.5) is 0 Å². The van der Waals surface area contributed by atoms with Crippen molar-refractivity contribution in [1.82, 2.24) is 0 Å². The molecule has 8 heavy (non-hydrogen) atoms. The second-order valence-electron chi connectivity index (χ2n) is 0.625. The van der Waals surface area contributed by atoms with Gasteiger partial charge in [0.25, 0.3) is 0 Å². The van der Waals surface area contributed by atoms with Crippen LogP contribution < -0.4 is 23.3 Å². The molecular weight excluding hydrogens is 167 g/mol. The van der Waals surface area contributed by atoms with Crippen LogP contribution in [0.25, 0.3) is 0 Å². The second kappa shape index (κ2) is 2.76. The maximum atomic E-state index is 9.23. The van der Waals surface area contributed by atoms with E-state index >= 15 is 0 Å². The predicted octanol–water partition coefficient (Wildman–Crippen LogP) is -6.01. The van der Waals surface area contributed by atoms with Crippen molar-refractivity contribution in [3.8, 4) is 0 Å². The van der Waals surface area contributed by atoms with Crippen LogP contribution in [-0.4, -0.2) is 0 Å². The van der Waals surface area contributed by atoms with Gasteiger partial charge in [0.1, 0.15) is 0 Å². The van der Waals surface area contributed by atoms with Gasteiger partial charge in [-0.05, 0) is 0 Å². The summed E-state index contributed by atoms with van der Waals surface area (Å²) in [4.78, 5) is 0. The van der Waals surface area contributed by atoms with Crippen molar-refractivity contribution in [3.05, 3.63) is 0 Å². The molecule has 0 atom stereocenters. The first-order valence-electron chi connectivity index (χ1n) is 1.08. The van der Waals surface area contributed by atoms with E-state index < -0.39 is 21.0 Å². The number of rotatable bonds is 2. The summed E-state index contributed by atoms with van der Waals surface area (Å²) in [6, 6.07) is 0. The molecule has 0 aromatic carbocycles. The van der Waals surface area contributed by atoms with Gasteiger partial charge < -0.3 is 0 Å². The zero-order valence-corrected chi connectivity index (χ0v) is 4.72. The molecule has 0 saturated heterocycles. The van der Waals surface area contributed by atoms with Gasteiger partial charge in [0.15, 0.2) is 0 Å². The summed E-state index contributed by atoms with van der Waals surface area (Å²) in [5.41, 5.74) is 0. The van der Waals surface area contributed by atoms with E-state index in [4.69, 9.17) is 9.32 Å². The Morgan fingerprint density at radius 3 is 1.50 bits per heavy atom. The van der Waals surface area contributed by atoms with Crippen LogP contribution in [0, 0.1) is 21.0 Å². The molecule has 0 aromatic heterocycles. The fourth-order valence-electron chi connectivity index (χ4n) is 0.0583. The van der Waals surface area contributed by atoms with E-state index in [1.54, 1.807) is 0 Å². The molecule has 0 aliphatic heterocycles. The van der Waals surface area contributed by atoms with Crippen LogP contribution in [-0.2, 0) is 3.84 Å². The van der Waals surface area contributed by atoms with Crippen LogP contribution in [0.5, 0.6) is 0 Å². The Balaban J connectivity index is 3.39. The van der Waals surface area contributed by atoms with Gasteiger partial charge in [0.2, 0.25) is 0 Å². The Morgan fingerprint density at radius 2 is 1.50 bits per heavy atom. The number of hydrogen-bond donors (Lipinski definition) is 0. The fraction of sp³-hybridized carbons (Fsp3) is 0. The van der Waals surface area contributed by atoms with E-state index in [0.717, 1.165) is 0 Å². The molecule has 0 aromatic rings. The summed E-state index contributed by atoms with van der Waals surface area (Å²) >= 11 is 0. The summed E-state index contributed by atoms with van der Waals surface area (Å²) in [6.45, 7) is 0. The van der Waals surface area contributed by atoms with E-state index in [1.807, 2.05) is 0 Å². The Bertz CT molecular complexity index is 61.4. The first-order valence-corrected chi connectivity index (χ1v) is 3.24. The van der Waals surface area contributed by atoms with Gasteiger partial charge in [-0.15, -0.1) is 0 Å². The van der Waals surface area contributed by atoms with E-state index in [2.05, 4.69) is 3.84 Å². The molecule has 0 unspecified atom stereocenters. The molecule has 0 heterocycles. The zero-order chi connectivity index (χ0) is 6.78. The normalized spacial score (nSPS) is 14.8. The van der Waals surface area contributed by atoms with E-state index in [9.17, 15) is 14.0 Å². The molecule has 0 rings (SSSR count). The van der Waals surface area contributed by atoms with Crippen LogP contribution in [0.3, 0.4) is 0 Å². The maximum absolute atomic E-state index is 9.23. The van der Waals surface area contributed by atoms with Gasteiger partial charge in [0.05, 0.1) is 0 Å². The topological polar surface area (TPSA) is 125 Å². The summed E-state index contributed by atoms with van der Waals surface area (Å²) < 4.78 is 48.7. The van der Waals surface area contributed by atoms with Crippen molar-refractivity contribution in [3.63, 3.8) is 0 Å². The second-order valence-corrected chi connectivity index (χ2v) is 2.23. The SMILES string of the molecule is [O-][Cl+2]([O-])O[Cl+]([O-])([O-])[O-]. The van der Waals surface area contributed by atoms with E-state index in [0.29, 0.717) is 0 Å². The molecule has 0 saturated carbocycles. The molecule has 52 valence electrons. The summed E-state index contributed by atoms with van der Waals surface area (Å²) in [5.74, 6) is 0. The van der Waals surface area contributed by atoms with Crippen molar-refractivity contribution in [1.29, 1.82) is 0 Å². The monoisotopic (exact) mass is 166 g/mol. The van der Waals surface area contributed by atoms with Crippen molar-refractivity contribution < 1.29 is 48.2 Å². The van der Waals surface area contributed by atoms with Crippen molar-refractivity contribution >= 4 is 0 Å². The van der Waals surface area contributed by atoms with Crippen LogP contribution in [0.15, 0.2) is 0 Å². The summed E-state index contributed by atoms with van der Waals surface area (Å²) in [7, 11) is -7.85. The molecular formula is Cl2O6-2. The molecule has 0 radical (unpaired) electrons. The van der Waals surface area contributed by atoms with Gasteiger partial charge in [-0.25, -0.2) is 0 Å². The molecule has 0 amide bonds. The Kier molecular flexibility index (Phi) is 2.88. The van der Waals surface area contributed by atoms with Gasteiger partial charge in [-0.3, -0.25) is 0 Å². The minimum atomic E-state index is -4.85. The molecule has 0 bridgehead atoms. The van der Waals surface area contributed by atoms with Gasteiger partial charge in [-0.1, -0.05) is 0 Å². The molecule has 0 spiro atoms. The summed E-state index contributed by atoms with van der Waals surface area (Å²) in [6.07, 6.45) is 0. The van der Waals surface area contributed by atoms with Crippen molar-refractivity contribution in [2.24, 2.45) is 0 Å². The van der Waals surface area contributed by atoms with E-state index in [1.165, 1.54) is 0 Å². The average molecular weight is 167 g/mol. The predicted molar refractivity (Wildman–Crippen MR) is 1.08 cm³/mol. The zero-order valence-electron chi connectivity index (χ0n) is 3.21. The van der Waals surface area contributed by atoms with E-state index in [-0.39, 0.29) is 0 Å². The minimum absolute atomic E-state index is 2.71. The van der Waals surface area contributed by atoms with Crippen LogP contribution in [0.1, 0.15) is 0 Å². The Hall–Kier alpha value is 0.340. The first kappa shape index (κ1) is 8.34. The van der Waals surface area contributed by atoms with Crippen molar-refractivity contribution in [2.75, 3.05) is 0 Å².